The standard InChI is InChI=1S/C22H29N3O3S/c1-17-10-7-8-14-20(17)21(18-11-5-4-6-12-18)23-22(26)19-13-9-15-25(16-19)29(27,28)24(2)3/h4-8,10-12,14,19,21H,9,13,15-16H2,1-3H3,(H,23,26)/t19-,21-/m0/s1. The van der Waals surface area contributed by atoms with Crippen LogP contribution in [0.5, 0.6) is 0 Å². The van der Waals surface area contributed by atoms with Crippen LogP contribution in [0.15, 0.2) is 54.6 Å². The Morgan fingerprint density at radius 3 is 2.41 bits per heavy atom. The van der Waals surface area contributed by atoms with Crippen LogP contribution in [-0.2, 0) is 15.0 Å². The fourth-order valence-corrected chi connectivity index (χ4v) is 4.94. The van der Waals surface area contributed by atoms with E-state index in [4.69, 9.17) is 0 Å². The van der Waals surface area contributed by atoms with E-state index in [1.807, 2.05) is 61.5 Å². The summed E-state index contributed by atoms with van der Waals surface area (Å²) >= 11 is 0. The van der Waals surface area contributed by atoms with Crippen LogP contribution >= 0.6 is 0 Å². The van der Waals surface area contributed by atoms with Crippen molar-refractivity contribution in [3.63, 3.8) is 0 Å². The van der Waals surface area contributed by atoms with Gasteiger partial charge in [0.25, 0.3) is 10.2 Å². The smallest absolute Gasteiger partial charge is 0.281 e. The van der Waals surface area contributed by atoms with Crippen LogP contribution in [0.4, 0.5) is 0 Å². The minimum absolute atomic E-state index is 0.110. The van der Waals surface area contributed by atoms with Gasteiger partial charge in [-0.3, -0.25) is 4.79 Å². The lowest BCUT2D eigenvalue weighted by Gasteiger charge is -2.33. The van der Waals surface area contributed by atoms with E-state index >= 15 is 0 Å². The van der Waals surface area contributed by atoms with Gasteiger partial charge in [-0.2, -0.15) is 17.0 Å². The summed E-state index contributed by atoms with van der Waals surface area (Å²) in [6.07, 6.45) is 1.35. The summed E-state index contributed by atoms with van der Waals surface area (Å²) < 4.78 is 27.6. The molecule has 0 spiro atoms. The number of carbonyl (C=O) groups excluding carboxylic acids is 1. The number of piperidine rings is 1. The second kappa shape index (κ2) is 9.07. The third-order valence-electron chi connectivity index (χ3n) is 5.46. The maximum atomic E-state index is 13.2. The Hall–Kier alpha value is -2.22. The Labute approximate surface area is 173 Å². The molecule has 0 saturated carbocycles. The third kappa shape index (κ3) is 4.86. The number of nitrogens with zero attached hydrogens (tertiary/aromatic N) is 2. The maximum Gasteiger partial charge on any atom is 0.281 e. The first-order valence-electron chi connectivity index (χ1n) is 9.89. The van der Waals surface area contributed by atoms with E-state index in [9.17, 15) is 13.2 Å². The van der Waals surface area contributed by atoms with Gasteiger partial charge in [-0.25, -0.2) is 0 Å². The number of benzene rings is 2. The lowest BCUT2D eigenvalue weighted by Crippen LogP contribution is -2.49. The second-order valence-electron chi connectivity index (χ2n) is 7.70. The fraction of sp³-hybridized carbons (Fsp3) is 0.409. The predicted octanol–water partition coefficient (Wildman–Crippen LogP) is 2.72. The zero-order valence-corrected chi connectivity index (χ0v) is 18.0. The highest BCUT2D eigenvalue weighted by atomic mass is 32.2. The minimum Gasteiger partial charge on any atom is -0.345 e. The Morgan fingerprint density at radius 2 is 1.76 bits per heavy atom. The highest BCUT2D eigenvalue weighted by Crippen LogP contribution is 2.27. The van der Waals surface area contributed by atoms with Gasteiger partial charge in [0.15, 0.2) is 0 Å². The molecule has 1 amide bonds. The first-order valence-corrected chi connectivity index (χ1v) is 11.3. The van der Waals surface area contributed by atoms with Crippen molar-refractivity contribution in [3.05, 3.63) is 71.3 Å². The summed E-state index contributed by atoms with van der Waals surface area (Å²) in [6.45, 7) is 2.69. The molecule has 7 heteroatoms. The maximum absolute atomic E-state index is 13.2. The molecule has 0 aliphatic carbocycles. The number of aryl methyl sites for hydroxylation is 1. The van der Waals surface area contributed by atoms with Crippen molar-refractivity contribution in [2.45, 2.75) is 25.8 Å². The zero-order chi connectivity index (χ0) is 21.0. The van der Waals surface area contributed by atoms with Crippen LogP contribution in [0.2, 0.25) is 0 Å². The summed E-state index contributed by atoms with van der Waals surface area (Å²) in [7, 11) is -0.486. The van der Waals surface area contributed by atoms with E-state index in [1.165, 1.54) is 22.7 Å². The van der Waals surface area contributed by atoms with E-state index in [2.05, 4.69) is 5.32 Å². The molecule has 2 atom stereocenters. The van der Waals surface area contributed by atoms with Crippen molar-refractivity contribution in [2.75, 3.05) is 27.2 Å². The van der Waals surface area contributed by atoms with Crippen molar-refractivity contribution < 1.29 is 13.2 Å². The van der Waals surface area contributed by atoms with Crippen molar-refractivity contribution in [3.8, 4) is 0 Å². The van der Waals surface area contributed by atoms with Gasteiger partial charge >= 0.3 is 0 Å². The average Bonchev–Trinajstić information content (AvgIpc) is 2.73. The van der Waals surface area contributed by atoms with Gasteiger partial charge in [-0.1, -0.05) is 54.6 Å². The van der Waals surface area contributed by atoms with Gasteiger partial charge in [-0.05, 0) is 36.5 Å². The van der Waals surface area contributed by atoms with E-state index in [0.717, 1.165) is 16.7 Å². The molecule has 2 aromatic carbocycles. The first kappa shape index (κ1) is 21.5. The number of hydrogen-bond donors (Lipinski definition) is 1. The minimum atomic E-state index is -3.52. The summed E-state index contributed by atoms with van der Waals surface area (Å²) in [5.74, 6) is -0.477. The number of amides is 1. The van der Waals surface area contributed by atoms with Crippen molar-refractivity contribution in [1.29, 1.82) is 0 Å². The van der Waals surface area contributed by atoms with Crippen LogP contribution in [-0.4, -0.2) is 50.1 Å². The Morgan fingerprint density at radius 1 is 1.10 bits per heavy atom. The molecule has 0 aromatic heterocycles. The fourth-order valence-electron chi connectivity index (χ4n) is 3.75. The van der Waals surface area contributed by atoms with Crippen LogP contribution in [0.25, 0.3) is 0 Å². The van der Waals surface area contributed by atoms with E-state index < -0.39 is 10.2 Å². The molecule has 1 fully saturated rings. The molecule has 1 aliphatic heterocycles. The molecular weight excluding hydrogens is 386 g/mol. The number of nitrogens with one attached hydrogen (secondary N) is 1. The normalized spacial score (nSPS) is 19.1. The molecule has 3 rings (SSSR count). The molecule has 156 valence electrons. The predicted molar refractivity (Wildman–Crippen MR) is 115 cm³/mol. The highest BCUT2D eigenvalue weighted by Gasteiger charge is 2.34. The summed E-state index contributed by atoms with van der Waals surface area (Å²) in [4.78, 5) is 13.2. The molecule has 1 saturated heterocycles. The van der Waals surface area contributed by atoms with Crippen molar-refractivity contribution in [1.82, 2.24) is 13.9 Å². The first-order chi connectivity index (χ1) is 13.8. The lowest BCUT2D eigenvalue weighted by atomic mass is 9.93. The topological polar surface area (TPSA) is 69.7 Å². The molecule has 6 nitrogen and oxygen atoms in total. The van der Waals surface area contributed by atoms with Crippen LogP contribution in [0.1, 0.15) is 35.6 Å². The molecule has 1 N–H and O–H groups in total. The summed E-state index contributed by atoms with van der Waals surface area (Å²) in [5.41, 5.74) is 3.14. The number of hydrogen-bond acceptors (Lipinski definition) is 3. The lowest BCUT2D eigenvalue weighted by molar-refractivity contribution is -0.126. The van der Waals surface area contributed by atoms with Gasteiger partial charge in [0.1, 0.15) is 0 Å². The second-order valence-corrected chi connectivity index (χ2v) is 9.84. The van der Waals surface area contributed by atoms with Crippen LogP contribution in [0, 0.1) is 12.8 Å². The van der Waals surface area contributed by atoms with E-state index in [-0.39, 0.29) is 24.4 Å². The monoisotopic (exact) mass is 415 g/mol. The van der Waals surface area contributed by atoms with E-state index in [1.54, 1.807) is 0 Å². The molecule has 1 heterocycles. The Kier molecular flexibility index (Phi) is 6.72. The average molecular weight is 416 g/mol. The molecular formula is C22H29N3O3S. The van der Waals surface area contributed by atoms with Crippen molar-refractivity contribution in [2.24, 2.45) is 5.92 Å². The molecule has 0 bridgehead atoms. The number of rotatable bonds is 6. The quantitative estimate of drug-likeness (QED) is 0.789. The van der Waals surface area contributed by atoms with Crippen LogP contribution < -0.4 is 5.32 Å². The molecule has 29 heavy (non-hydrogen) atoms. The Bertz CT molecular complexity index is 945. The van der Waals surface area contributed by atoms with E-state index in [0.29, 0.717) is 19.4 Å². The van der Waals surface area contributed by atoms with Crippen molar-refractivity contribution >= 4 is 16.1 Å². The van der Waals surface area contributed by atoms with Gasteiger partial charge in [0.2, 0.25) is 5.91 Å². The largest absolute Gasteiger partial charge is 0.345 e. The Balaban J connectivity index is 1.83. The SMILES string of the molecule is Cc1ccccc1[C@@H](NC(=O)[C@H]1CCCN(S(=O)(=O)N(C)C)C1)c1ccccc1. The van der Waals surface area contributed by atoms with Gasteiger partial charge in [0, 0.05) is 27.2 Å². The molecule has 2 aromatic rings. The van der Waals surface area contributed by atoms with Gasteiger partial charge < -0.3 is 5.32 Å². The van der Waals surface area contributed by atoms with Gasteiger partial charge in [-0.15, -0.1) is 0 Å². The third-order valence-corrected chi connectivity index (χ3v) is 7.37. The van der Waals surface area contributed by atoms with Crippen LogP contribution in [0.3, 0.4) is 0 Å². The summed E-state index contributed by atoms with van der Waals surface area (Å²) in [5, 5.41) is 3.19. The van der Waals surface area contributed by atoms with Gasteiger partial charge in [0.05, 0.1) is 12.0 Å². The summed E-state index contributed by atoms with van der Waals surface area (Å²) in [6, 6.07) is 17.6. The molecule has 0 unspecified atom stereocenters. The highest BCUT2D eigenvalue weighted by molar-refractivity contribution is 7.86. The zero-order valence-electron chi connectivity index (χ0n) is 17.2. The molecule has 1 aliphatic rings. The number of carbonyl (C=O) groups is 1. The molecule has 0 radical (unpaired) electrons.